The Labute approximate surface area is 176 Å². The first-order chi connectivity index (χ1) is 14.7. The Kier molecular flexibility index (Phi) is 6.21. The van der Waals surface area contributed by atoms with Gasteiger partial charge in [0, 0.05) is 63.4 Å². The van der Waals surface area contributed by atoms with E-state index >= 15 is 0 Å². The predicted octanol–water partition coefficient (Wildman–Crippen LogP) is 2.71. The van der Waals surface area contributed by atoms with Gasteiger partial charge < -0.3 is 14.4 Å². The van der Waals surface area contributed by atoms with Crippen molar-refractivity contribution in [3.8, 4) is 17.1 Å². The zero-order valence-electron chi connectivity index (χ0n) is 17.4. The first-order valence-electron chi connectivity index (χ1n) is 10.1. The molecule has 4 rings (SSSR count). The Hall–Kier alpha value is -3.03. The number of hydrogen-bond acceptors (Lipinski definition) is 6. The fraction of sp³-hybridized carbons (Fsp3) is 0.348. The van der Waals surface area contributed by atoms with Crippen molar-refractivity contribution in [1.29, 1.82) is 0 Å². The third-order valence-electron chi connectivity index (χ3n) is 5.50. The molecular weight excluding hydrogens is 380 g/mol. The molecule has 0 bridgehead atoms. The maximum absolute atomic E-state index is 13.0. The molecule has 0 aliphatic carbocycles. The summed E-state index contributed by atoms with van der Waals surface area (Å²) in [7, 11) is 3.26. The van der Waals surface area contributed by atoms with Crippen LogP contribution in [0.2, 0.25) is 0 Å². The van der Waals surface area contributed by atoms with Crippen LogP contribution >= 0.6 is 0 Å². The number of piperazine rings is 1. The number of carbonyl (C=O) groups is 1. The quantitative estimate of drug-likeness (QED) is 0.627. The summed E-state index contributed by atoms with van der Waals surface area (Å²) in [5.41, 5.74) is 2.67. The Balaban J connectivity index is 1.47. The molecule has 0 saturated carbocycles. The highest BCUT2D eigenvalue weighted by Crippen LogP contribution is 2.25. The van der Waals surface area contributed by atoms with E-state index in [2.05, 4.69) is 20.9 Å². The lowest BCUT2D eigenvalue weighted by atomic mass is 10.0. The number of fused-ring (bicyclic) bond motifs is 1. The van der Waals surface area contributed by atoms with E-state index in [-0.39, 0.29) is 5.91 Å². The lowest BCUT2D eigenvalue weighted by Gasteiger charge is -2.34. The summed E-state index contributed by atoms with van der Waals surface area (Å²) in [6.07, 6.45) is 3.49. The van der Waals surface area contributed by atoms with E-state index in [1.165, 1.54) is 0 Å². The highest BCUT2D eigenvalue weighted by atomic mass is 16.5. The highest BCUT2D eigenvalue weighted by molar-refractivity contribution is 5.99. The highest BCUT2D eigenvalue weighted by Gasteiger charge is 2.22. The van der Waals surface area contributed by atoms with Crippen molar-refractivity contribution >= 4 is 16.7 Å². The third-order valence-corrected chi connectivity index (χ3v) is 5.50. The fourth-order valence-electron chi connectivity index (χ4n) is 3.71. The summed E-state index contributed by atoms with van der Waals surface area (Å²) >= 11 is 0. The molecule has 1 fully saturated rings. The third kappa shape index (κ3) is 4.42. The first kappa shape index (κ1) is 20.3. The number of aromatic nitrogens is 2. The fourth-order valence-corrected chi connectivity index (χ4v) is 3.71. The second-order valence-electron chi connectivity index (χ2n) is 7.36. The van der Waals surface area contributed by atoms with Crippen molar-refractivity contribution in [1.82, 2.24) is 19.8 Å². The number of ether oxygens (including phenoxy) is 2. The number of amides is 1. The van der Waals surface area contributed by atoms with Crippen LogP contribution in [0.15, 0.2) is 48.8 Å². The van der Waals surface area contributed by atoms with Gasteiger partial charge in [0.15, 0.2) is 0 Å². The summed E-state index contributed by atoms with van der Waals surface area (Å²) in [6, 6.07) is 12.4. The monoisotopic (exact) mass is 406 g/mol. The van der Waals surface area contributed by atoms with Gasteiger partial charge in [-0.15, -0.1) is 0 Å². The predicted molar refractivity (Wildman–Crippen MR) is 116 cm³/mol. The van der Waals surface area contributed by atoms with Gasteiger partial charge in [0.2, 0.25) is 0 Å². The Bertz CT molecular complexity index is 1010. The van der Waals surface area contributed by atoms with Gasteiger partial charge in [0.25, 0.3) is 5.91 Å². The topological polar surface area (TPSA) is 67.8 Å². The number of hydrogen-bond donors (Lipinski definition) is 0. The van der Waals surface area contributed by atoms with Gasteiger partial charge in [-0.3, -0.25) is 9.69 Å². The van der Waals surface area contributed by atoms with Gasteiger partial charge in [-0.25, -0.2) is 9.97 Å². The molecule has 3 aromatic rings. The molecule has 0 unspecified atom stereocenters. The summed E-state index contributed by atoms with van der Waals surface area (Å²) in [6.45, 7) is 4.90. The van der Waals surface area contributed by atoms with Crippen LogP contribution in [0.25, 0.3) is 21.9 Å². The van der Waals surface area contributed by atoms with Crippen molar-refractivity contribution in [2.45, 2.75) is 0 Å². The maximum Gasteiger partial charge on any atom is 0.316 e. The van der Waals surface area contributed by atoms with Crippen LogP contribution in [0.4, 0.5) is 0 Å². The molecule has 7 heteroatoms. The number of rotatable bonds is 6. The Morgan fingerprint density at radius 3 is 2.33 bits per heavy atom. The second kappa shape index (κ2) is 9.19. The molecule has 0 radical (unpaired) electrons. The summed E-state index contributed by atoms with van der Waals surface area (Å²) in [5, 5.41) is 2.11. The molecule has 30 heavy (non-hydrogen) atoms. The molecule has 156 valence electrons. The molecule has 1 aromatic heterocycles. The van der Waals surface area contributed by atoms with E-state index in [9.17, 15) is 4.79 Å². The van der Waals surface area contributed by atoms with Crippen LogP contribution in [0, 0.1) is 0 Å². The van der Waals surface area contributed by atoms with E-state index < -0.39 is 0 Å². The molecule has 2 aromatic carbocycles. The van der Waals surface area contributed by atoms with Gasteiger partial charge in [0.1, 0.15) is 0 Å². The molecular formula is C23H26N4O3. The summed E-state index contributed by atoms with van der Waals surface area (Å²) in [4.78, 5) is 25.6. The summed E-state index contributed by atoms with van der Waals surface area (Å²) in [5.74, 6) is 0.0934. The van der Waals surface area contributed by atoms with Gasteiger partial charge in [-0.2, -0.15) is 0 Å². The number of carbonyl (C=O) groups excluding carboxylic acids is 1. The minimum absolute atomic E-state index is 0.0934. The van der Waals surface area contributed by atoms with Crippen LogP contribution in [-0.2, 0) is 4.74 Å². The van der Waals surface area contributed by atoms with E-state index in [1.54, 1.807) is 26.6 Å². The Morgan fingerprint density at radius 2 is 1.63 bits per heavy atom. The molecule has 1 amide bonds. The molecule has 7 nitrogen and oxygen atoms in total. The average Bonchev–Trinajstić information content (AvgIpc) is 2.82. The van der Waals surface area contributed by atoms with Gasteiger partial charge in [-0.05, 0) is 34.5 Å². The van der Waals surface area contributed by atoms with Crippen LogP contribution in [0.3, 0.4) is 0 Å². The van der Waals surface area contributed by atoms with Crippen molar-refractivity contribution in [2.75, 3.05) is 53.6 Å². The molecule has 0 atom stereocenters. The van der Waals surface area contributed by atoms with E-state index in [1.807, 2.05) is 35.2 Å². The van der Waals surface area contributed by atoms with Crippen LogP contribution in [0.1, 0.15) is 10.4 Å². The largest absolute Gasteiger partial charge is 0.467 e. The lowest BCUT2D eigenvalue weighted by molar-refractivity contribution is 0.0594. The standard InChI is InChI=1S/C23H26N4O3/c1-29-12-11-26-7-9-27(10-8-26)22(28)20-6-5-17-13-19(4-3-18(17)14-20)21-15-24-23(30-2)25-16-21/h3-6,13-16H,7-12H2,1-2H3. The minimum atomic E-state index is 0.0934. The molecule has 1 aliphatic rings. The second-order valence-corrected chi connectivity index (χ2v) is 7.36. The number of nitrogens with zero attached hydrogens (tertiary/aromatic N) is 4. The summed E-state index contributed by atoms with van der Waals surface area (Å²) < 4.78 is 10.2. The lowest BCUT2D eigenvalue weighted by Crippen LogP contribution is -2.49. The van der Waals surface area contributed by atoms with Crippen molar-refractivity contribution in [3.05, 3.63) is 54.4 Å². The van der Waals surface area contributed by atoms with Crippen LogP contribution in [-0.4, -0.2) is 79.2 Å². The molecule has 2 heterocycles. The van der Waals surface area contributed by atoms with Crippen LogP contribution < -0.4 is 4.74 Å². The number of methoxy groups -OCH3 is 2. The molecule has 1 aliphatic heterocycles. The van der Waals surface area contributed by atoms with Crippen LogP contribution in [0.5, 0.6) is 6.01 Å². The minimum Gasteiger partial charge on any atom is -0.467 e. The Morgan fingerprint density at radius 1 is 0.933 bits per heavy atom. The van der Waals surface area contributed by atoms with Gasteiger partial charge in [-0.1, -0.05) is 18.2 Å². The van der Waals surface area contributed by atoms with E-state index in [0.29, 0.717) is 6.01 Å². The smallest absolute Gasteiger partial charge is 0.316 e. The van der Waals surface area contributed by atoms with Crippen molar-refractivity contribution < 1.29 is 14.3 Å². The zero-order valence-corrected chi connectivity index (χ0v) is 17.4. The van der Waals surface area contributed by atoms with Crippen molar-refractivity contribution in [2.24, 2.45) is 0 Å². The maximum atomic E-state index is 13.0. The van der Waals surface area contributed by atoms with Crippen molar-refractivity contribution in [3.63, 3.8) is 0 Å². The SMILES string of the molecule is COCCN1CCN(C(=O)c2ccc3cc(-c4cnc(OC)nc4)ccc3c2)CC1. The average molecular weight is 406 g/mol. The molecule has 0 N–H and O–H groups in total. The van der Waals surface area contributed by atoms with Gasteiger partial charge >= 0.3 is 6.01 Å². The first-order valence-corrected chi connectivity index (χ1v) is 10.1. The zero-order chi connectivity index (χ0) is 20.9. The molecule has 0 spiro atoms. The normalized spacial score (nSPS) is 14.8. The molecule has 1 saturated heterocycles. The van der Waals surface area contributed by atoms with E-state index in [0.717, 1.165) is 66.8 Å². The van der Waals surface area contributed by atoms with E-state index in [4.69, 9.17) is 9.47 Å². The number of benzene rings is 2. The van der Waals surface area contributed by atoms with Gasteiger partial charge in [0.05, 0.1) is 13.7 Å².